The summed E-state index contributed by atoms with van der Waals surface area (Å²) in [7, 11) is 0. The van der Waals surface area contributed by atoms with Crippen LogP contribution >= 0.6 is 0 Å². The number of non-ortho nitro benzene ring substituents is 1. The minimum Gasteiger partial charge on any atom is -0.384 e. The van der Waals surface area contributed by atoms with Crippen molar-refractivity contribution >= 4 is 34.0 Å². The fourth-order valence-corrected chi connectivity index (χ4v) is 4.84. The summed E-state index contributed by atoms with van der Waals surface area (Å²) in [6.07, 6.45) is 7.35. The third kappa shape index (κ3) is 3.35. The Morgan fingerprint density at radius 2 is 1.93 bits per heavy atom. The molecule has 0 unspecified atom stereocenters. The van der Waals surface area contributed by atoms with Crippen molar-refractivity contribution < 1.29 is 4.92 Å². The Balaban J connectivity index is 1.52. The average Bonchev–Trinajstić information content (AvgIpc) is 3.15. The lowest BCUT2D eigenvalue weighted by Gasteiger charge is -2.38. The lowest BCUT2D eigenvalue weighted by molar-refractivity contribution is -0.384. The van der Waals surface area contributed by atoms with Crippen LogP contribution < -0.4 is 11.1 Å². The molecular formula is C21H25N7O2. The second-order valence-corrected chi connectivity index (χ2v) is 8.19. The van der Waals surface area contributed by atoms with Crippen molar-refractivity contribution in [1.82, 2.24) is 20.1 Å². The number of aromatic nitrogens is 3. The topological polar surface area (TPSA) is 126 Å². The Labute approximate surface area is 173 Å². The molecule has 9 nitrogen and oxygen atoms in total. The molecule has 1 aromatic carbocycles. The number of H-pyrrole nitrogens is 1. The number of nitro benzene ring substituents is 1. The van der Waals surface area contributed by atoms with Gasteiger partial charge in [0.15, 0.2) is 5.65 Å². The zero-order valence-electron chi connectivity index (χ0n) is 16.7. The van der Waals surface area contributed by atoms with Gasteiger partial charge in [-0.15, -0.1) is 0 Å². The number of fused-ring (bicyclic) bond motifs is 3. The number of aromatic amines is 1. The van der Waals surface area contributed by atoms with Crippen LogP contribution in [-0.2, 0) is 13.0 Å². The number of benzene rings is 1. The quantitative estimate of drug-likeness (QED) is 0.442. The molecule has 1 fully saturated rings. The maximum atomic E-state index is 10.9. The molecule has 0 spiro atoms. The fourth-order valence-electron chi connectivity index (χ4n) is 4.84. The van der Waals surface area contributed by atoms with E-state index in [-0.39, 0.29) is 5.69 Å². The van der Waals surface area contributed by atoms with Gasteiger partial charge in [0, 0.05) is 42.5 Å². The van der Waals surface area contributed by atoms with E-state index in [1.54, 1.807) is 12.1 Å². The van der Waals surface area contributed by atoms with Crippen molar-refractivity contribution in [2.45, 2.75) is 51.1 Å². The average molecular weight is 407 g/mol. The molecule has 9 heteroatoms. The number of nitrogen functional groups attached to an aromatic ring is 1. The van der Waals surface area contributed by atoms with Crippen molar-refractivity contribution in [3.05, 3.63) is 45.5 Å². The van der Waals surface area contributed by atoms with Crippen LogP contribution in [0.3, 0.4) is 0 Å². The van der Waals surface area contributed by atoms with Gasteiger partial charge in [0.2, 0.25) is 0 Å². The highest BCUT2D eigenvalue weighted by molar-refractivity contribution is 5.92. The third-order valence-corrected chi connectivity index (χ3v) is 6.39. The monoisotopic (exact) mass is 407 g/mol. The molecule has 2 aromatic heterocycles. The van der Waals surface area contributed by atoms with Gasteiger partial charge in [-0.1, -0.05) is 19.3 Å². The molecule has 0 bridgehead atoms. The van der Waals surface area contributed by atoms with Crippen LogP contribution in [0.15, 0.2) is 24.3 Å². The Morgan fingerprint density at radius 3 is 2.67 bits per heavy atom. The maximum Gasteiger partial charge on any atom is 0.269 e. The summed E-state index contributed by atoms with van der Waals surface area (Å²) in [5, 5.41) is 22.4. The molecule has 3 aromatic rings. The first kappa shape index (κ1) is 18.8. The van der Waals surface area contributed by atoms with Crippen molar-refractivity contribution in [2.75, 3.05) is 17.6 Å². The molecule has 1 saturated carbocycles. The Kier molecular flexibility index (Phi) is 4.74. The van der Waals surface area contributed by atoms with Gasteiger partial charge in [0.05, 0.1) is 10.3 Å². The van der Waals surface area contributed by atoms with E-state index in [1.807, 2.05) is 0 Å². The highest BCUT2D eigenvalue weighted by Crippen LogP contribution is 2.36. The van der Waals surface area contributed by atoms with Gasteiger partial charge in [0.1, 0.15) is 11.6 Å². The van der Waals surface area contributed by atoms with Gasteiger partial charge >= 0.3 is 0 Å². The van der Waals surface area contributed by atoms with Crippen LogP contribution in [0.5, 0.6) is 0 Å². The minimum atomic E-state index is -0.398. The summed E-state index contributed by atoms with van der Waals surface area (Å²) in [6, 6.07) is 7.02. The number of anilines is 3. The van der Waals surface area contributed by atoms with Gasteiger partial charge in [-0.2, -0.15) is 5.10 Å². The largest absolute Gasteiger partial charge is 0.384 e. The van der Waals surface area contributed by atoms with Crippen molar-refractivity contribution in [2.24, 2.45) is 0 Å². The predicted molar refractivity (Wildman–Crippen MR) is 116 cm³/mol. The molecule has 156 valence electrons. The number of hydrogen-bond donors (Lipinski definition) is 3. The molecule has 5 rings (SSSR count). The van der Waals surface area contributed by atoms with Crippen LogP contribution in [0.2, 0.25) is 0 Å². The molecule has 1 aliphatic carbocycles. The Morgan fingerprint density at radius 1 is 1.17 bits per heavy atom. The second kappa shape index (κ2) is 7.56. The molecule has 0 radical (unpaired) electrons. The van der Waals surface area contributed by atoms with Gasteiger partial charge in [0.25, 0.3) is 5.69 Å². The van der Waals surface area contributed by atoms with Crippen molar-refractivity contribution in [1.29, 1.82) is 0 Å². The zero-order valence-corrected chi connectivity index (χ0v) is 16.7. The highest BCUT2D eigenvalue weighted by atomic mass is 16.6. The molecular weight excluding hydrogens is 382 g/mol. The van der Waals surface area contributed by atoms with Crippen LogP contribution in [0.25, 0.3) is 11.0 Å². The summed E-state index contributed by atoms with van der Waals surface area (Å²) < 4.78 is 0. The summed E-state index contributed by atoms with van der Waals surface area (Å²) >= 11 is 0. The number of rotatable bonds is 4. The first-order chi connectivity index (χ1) is 14.6. The van der Waals surface area contributed by atoms with Crippen LogP contribution in [0, 0.1) is 10.1 Å². The molecule has 0 saturated heterocycles. The van der Waals surface area contributed by atoms with Crippen molar-refractivity contribution in [3.63, 3.8) is 0 Å². The highest BCUT2D eigenvalue weighted by Gasteiger charge is 2.29. The molecule has 3 heterocycles. The third-order valence-electron chi connectivity index (χ3n) is 6.39. The normalized spacial score (nSPS) is 17.7. The lowest BCUT2D eigenvalue weighted by Crippen LogP contribution is -2.40. The summed E-state index contributed by atoms with van der Waals surface area (Å²) in [6.45, 7) is 1.83. The number of pyridine rings is 1. The molecule has 2 aliphatic rings. The van der Waals surface area contributed by atoms with E-state index in [4.69, 9.17) is 10.7 Å². The standard InChI is InChI=1S/C21H25N7O2/c22-19-18-16-10-11-27(14-4-2-1-3-5-14)12-17(16)20(24-21(18)26-25-19)23-13-6-8-15(9-7-13)28(29)30/h6-9,14H,1-5,10-12H2,(H4,22,23,24,25,26). The van der Waals surface area contributed by atoms with Gasteiger partial charge in [-0.25, -0.2) is 4.98 Å². The lowest BCUT2D eigenvalue weighted by atomic mass is 9.90. The molecule has 0 amide bonds. The Bertz CT molecular complexity index is 1090. The first-order valence-corrected chi connectivity index (χ1v) is 10.5. The van der Waals surface area contributed by atoms with E-state index in [1.165, 1.54) is 49.8 Å². The predicted octanol–water partition coefficient (Wildman–Crippen LogP) is 3.88. The van der Waals surface area contributed by atoms with Crippen LogP contribution in [-0.4, -0.2) is 37.6 Å². The van der Waals surface area contributed by atoms with E-state index < -0.39 is 4.92 Å². The van der Waals surface area contributed by atoms with E-state index in [0.29, 0.717) is 17.5 Å². The number of nitrogens with zero attached hydrogens (tertiary/aromatic N) is 4. The number of hydrogen-bond acceptors (Lipinski definition) is 7. The number of nitro groups is 1. The molecule has 1 aliphatic heterocycles. The number of nitrogens with two attached hydrogens (primary N) is 1. The molecule has 4 N–H and O–H groups in total. The van der Waals surface area contributed by atoms with E-state index in [2.05, 4.69) is 20.4 Å². The van der Waals surface area contributed by atoms with Crippen LogP contribution in [0.4, 0.5) is 23.0 Å². The van der Waals surface area contributed by atoms with Crippen molar-refractivity contribution in [3.8, 4) is 0 Å². The van der Waals surface area contributed by atoms with E-state index in [9.17, 15) is 10.1 Å². The number of nitrogens with one attached hydrogen (secondary N) is 2. The van der Waals surface area contributed by atoms with E-state index in [0.717, 1.165) is 42.0 Å². The minimum absolute atomic E-state index is 0.0644. The maximum absolute atomic E-state index is 10.9. The van der Waals surface area contributed by atoms with Gasteiger partial charge in [-0.05, 0) is 37.0 Å². The SMILES string of the molecule is Nc1[nH]nc2nc(Nc3ccc([N+](=O)[O-])cc3)c3c(c12)CCN(C1CCCCC1)C3. The van der Waals surface area contributed by atoms with Gasteiger partial charge in [-0.3, -0.25) is 20.1 Å². The molecule has 0 atom stereocenters. The van der Waals surface area contributed by atoms with Gasteiger partial charge < -0.3 is 11.1 Å². The second-order valence-electron chi connectivity index (χ2n) is 8.19. The Hall–Kier alpha value is -3.20. The summed E-state index contributed by atoms with van der Waals surface area (Å²) in [5.41, 5.74) is 9.93. The van der Waals surface area contributed by atoms with E-state index >= 15 is 0 Å². The summed E-state index contributed by atoms with van der Waals surface area (Å²) in [4.78, 5) is 17.9. The fraction of sp³-hybridized carbons (Fsp3) is 0.429. The summed E-state index contributed by atoms with van der Waals surface area (Å²) in [5.74, 6) is 1.31. The first-order valence-electron chi connectivity index (χ1n) is 10.5. The van der Waals surface area contributed by atoms with Crippen LogP contribution in [0.1, 0.15) is 43.2 Å². The smallest absolute Gasteiger partial charge is 0.269 e. The zero-order chi connectivity index (χ0) is 20.7. The molecule has 30 heavy (non-hydrogen) atoms.